The van der Waals surface area contributed by atoms with Crippen molar-refractivity contribution in [2.24, 2.45) is 0 Å². The maximum atomic E-state index is 12.2. The van der Waals surface area contributed by atoms with E-state index in [1.54, 1.807) is 0 Å². The number of carbonyl (C=O) groups is 1. The molecule has 0 radical (unpaired) electrons. The molecule has 136 valence electrons. The minimum absolute atomic E-state index is 0.116. The third-order valence-corrected chi connectivity index (χ3v) is 4.72. The molecule has 1 unspecified atom stereocenters. The number of nitrogens with zero attached hydrogens (tertiary/aromatic N) is 2. The number of hydrogen-bond acceptors (Lipinski definition) is 4. The van der Waals surface area contributed by atoms with E-state index in [0.29, 0.717) is 25.5 Å². The first-order chi connectivity index (χ1) is 12.6. The monoisotopic (exact) mass is 355 g/mol. The first kappa shape index (κ1) is 16.6. The van der Waals surface area contributed by atoms with E-state index in [4.69, 9.17) is 4.74 Å². The molecule has 1 aliphatic rings. The van der Waals surface area contributed by atoms with Gasteiger partial charge in [0.1, 0.15) is 6.10 Å². The summed E-state index contributed by atoms with van der Waals surface area (Å²) in [7, 11) is 0. The normalized spacial score (nSPS) is 16.6. The van der Waals surface area contributed by atoms with Crippen LogP contribution in [-0.2, 0) is 22.5 Å². The average molecular weight is 355 g/mol. The molecule has 4 rings (SSSR count). The van der Waals surface area contributed by atoms with E-state index in [9.17, 15) is 9.59 Å². The van der Waals surface area contributed by atoms with Crippen molar-refractivity contribution in [3.05, 3.63) is 51.8 Å². The Hall–Kier alpha value is -2.87. The summed E-state index contributed by atoms with van der Waals surface area (Å²) in [6.07, 6.45) is 2.40. The maximum absolute atomic E-state index is 12.2. The van der Waals surface area contributed by atoms with E-state index in [0.717, 1.165) is 11.9 Å². The van der Waals surface area contributed by atoms with Crippen LogP contribution in [0.3, 0.4) is 0 Å². The molecule has 3 heterocycles. The average Bonchev–Trinajstić information content (AvgIpc) is 3.20. The fraction of sp³-hybridized carbons (Fsp3) is 0.389. The van der Waals surface area contributed by atoms with Crippen LogP contribution in [0, 0.1) is 6.92 Å². The Morgan fingerprint density at radius 1 is 1.46 bits per heavy atom. The molecule has 8 nitrogen and oxygen atoms in total. The van der Waals surface area contributed by atoms with Gasteiger partial charge < -0.3 is 15.0 Å². The van der Waals surface area contributed by atoms with Gasteiger partial charge in [0.15, 0.2) is 5.82 Å². The summed E-state index contributed by atoms with van der Waals surface area (Å²) in [5.41, 5.74) is 3.23. The summed E-state index contributed by atoms with van der Waals surface area (Å²) in [5.74, 6) is 0.374. The van der Waals surface area contributed by atoms with Crippen LogP contribution >= 0.6 is 0 Å². The van der Waals surface area contributed by atoms with Crippen LogP contribution in [0.1, 0.15) is 29.5 Å². The van der Waals surface area contributed by atoms with E-state index in [-0.39, 0.29) is 18.0 Å². The standard InChI is InChI=1S/C18H21N5O3/c1-11-2-3-14-13(8-11)12(10-20-14)4-5-19-16(24)9-15-17-21-22-18(25)23(17)6-7-26-15/h2-3,8,10,15,20H,4-7,9H2,1H3,(H,19,24)(H,22,25). The summed E-state index contributed by atoms with van der Waals surface area (Å²) >= 11 is 0. The fourth-order valence-corrected chi connectivity index (χ4v) is 3.38. The van der Waals surface area contributed by atoms with Gasteiger partial charge in [-0.1, -0.05) is 11.6 Å². The van der Waals surface area contributed by atoms with Gasteiger partial charge >= 0.3 is 5.69 Å². The number of carbonyl (C=O) groups excluding carboxylic acids is 1. The maximum Gasteiger partial charge on any atom is 0.343 e. The highest BCUT2D eigenvalue weighted by molar-refractivity contribution is 5.84. The van der Waals surface area contributed by atoms with E-state index in [1.807, 2.05) is 6.20 Å². The Morgan fingerprint density at radius 3 is 3.23 bits per heavy atom. The molecule has 0 spiro atoms. The predicted molar refractivity (Wildman–Crippen MR) is 95.9 cm³/mol. The molecule has 0 saturated heterocycles. The smallest absolute Gasteiger partial charge is 0.343 e. The highest BCUT2D eigenvalue weighted by Gasteiger charge is 2.26. The van der Waals surface area contributed by atoms with Gasteiger partial charge in [0.2, 0.25) is 5.91 Å². The van der Waals surface area contributed by atoms with Crippen molar-refractivity contribution >= 4 is 16.8 Å². The highest BCUT2D eigenvalue weighted by atomic mass is 16.5. The molecule has 3 N–H and O–H groups in total. The van der Waals surface area contributed by atoms with Crippen molar-refractivity contribution in [2.75, 3.05) is 13.2 Å². The molecule has 0 fully saturated rings. The summed E-state index contributed by atoms with van der Waals surface area (Å²) in [6.45, 7) is 3.47. The van der Waals surface area contributed by atoms with Crippen LogP contribution < -0.4 is 11.0 Å². The number of nitrogens with one attached hydrogen (secondary N) is 3. The number of fused-ring (bicyclic) bond motifs is 2. The van der Waals surface area contributed by atoms with Crippen LogP contribution in [0.25, 0.3) is 10.9 Å². The zero-order valence-electron chi connectivity index (χ0n) is 14.5. The van der Waals surface area contributed by atoms with Crippen molar-refractivity contribution in [1.82, 2.24) is 25.1 Å². The Morgan fingerprint density at radius 2 is 2.35 bits per heavy atom. The predicted octanol–water partition coefficient (Wildman–Crippen LogP) is 1.18. The number of aromatic nitrogens is 4. The molecule has 1 aromatic carbocycles. The molecule has 1 aliphatic heterocycles. The second-order valence-electron chi connectivity index (χ2n) is 6.57. The first-order valence-electron chi connectivity index (χ1n) is 8.72. The minimum Gasteiger partial charge on any atom is -0.368 e. The highest BCUT2D eigenvalue weighted by Crippen LogP contribution is 2.22. The van der Waals surface area contributed by atoms with Crippen LogP contribution in [0.2, 0.25) is 0 Å². The van der Waals surface area contributed by atoms with Crippen LogP contribution in [0.4, 0.5) is 0 Å². The van der Waals surface area contributed by atoms with Crippen LogP contribution in [0.15, 0.2) is 29.2 Å². The van der Waals surface area contributed by atoms with Crippen molar-refractivity contribution in [2.45, 2.75) is 32.4 Å². The molecule has 2 aromatic heterocycles. The molecule has 1 amide bonds. The zero-order valence-corrected chi connectivity index (χ0v) is 14.5. The van der Waals surface area contributed by atoms with E-state index in [1.165, 1.54) is 21.1 Å². The largest absolute Gasteiger partial charge is 0.368 e. The molecule has 0 aliphatic carbocycles. The van der Waals surface area contributed by atoms with Crippen molar-refractivity contribution in [3.63, 3.8) is 0 Å². The molecule has 3 aromatic rings. The molecule has 0 saturated carbocycles. The van der Waals surface area contributed by atoms with Crippen LogP contribution in [0.5, 0.6) is 0 Å². The Labute approximate surface area is 149 Å². The van der Waals surface area contributed by atoms with Crippen molar-refractivity contribution in [3.8, 4) is 0 Å². The summed E-state index contributed by atoms with van der Waals surface area (Å²) in [6, 6.07) is 6.29. The minimum atomic E-state index is -0.488. The lowest BCUT2D eigenvalue weighted by molar-refractivity contribution is -0.125. The second kappa shape index (κ2) is 6.80. The number of amides is 1. The van der Waals surface area contributed by atoms with Gasteiger partial charge in [0.25, 0.3) is 0 Å². The Bertz CT molecular complexity index is 1000. The van der Waals surface area contributed by atoms with Gasteiger partial charge in [0, 0.05) is 23.6 Å². The number of benzene rings is 1. The molecule has 26 heavy (non-hydrogen) atoms. The molecule has 0 bridgehead atoms. The summed E-state index contributed by atoms with van der Waals surface area (Å²) in [5, 5.41) is 10.5. The third-order valence-electron chi connectivity index (χ3n) is 4.72. The van der Waals surface area contributed by atoms with Crippen molar-refractivity contribution in [1.29, 1.82) is 0 Å². The van der Waals surface area contributed by atoms with Gasteiger partial charge in [-0.3, -0.25) is 9.36 Å². The van der Waals surface area contributed by atoms with Crippen molar-refractivity contribution < 1.29 is 9.53 Å². The van der Waals surface area contributed by atoms with E-state index < -0.39 is 6.10 Å². The van der Waals surface area contributed by atoms with Gasteiger partial charge in [0.05, 0.1) is 19.6 Å². The van der Waals surface area contributed by atoms with Gasteiger partial charge in [-0.25, -0.2) is 9.89 Å². The quantitative estimate of drug-likeness (QED) is 0.639. The summed E-state index contributed by atoms with van der Waals surface area (Å²) in [4.78, 5) is 27.1. The van der Waals surface area contributed by atoms with E-state index >= 15 is 0 Å². The second-order valence-corrected chi connectivity index (χ2v) is 6.57. The van der Waals surface area contributed by atoms with Gasteiger partial charge in [-0.05, 0) is 31.0 Å². The lowest BCUT2D eigenvalue weighted by atomic mass is 10.1. The number of ether oxygens (including phenoxy) is 1. The lowest BCUT2D eigenvalue weighted by Gasteiger charge is -2.22. The van der Waals surface area contributed by atoms with E-state index in [2.05, 4.69) is 45.6 Å². The Balaban J connectivity index is 1.34. The SMILES string of the molecule is Cc1ccc2[nH]cc(CCNC(=O)CC3OCCn4c3n[nH]c4=O)c2c1. The van der Waals surface area contributed by atoms with Gasteiger partial charge in [-0.2, -0.15) is 5.10 Å². The zero-order chi connectivity index (χ0) is 18.1. The number of aryl methyl sites for hydroxylation is 1. The number of hydrogen-bond donors (Lipinski definition) is 3. The first-order valence-corrected chi connectivity index (χ1v) is 8.72. The molecular weight excluding hydrogens is 334 g/mol. The third kappa shape index (κ3) is 3.15. The molecule has 1 atom stereocenters. The van der Waals surface area contributed by atoms with Gasteiger partial charge in [-0.15, -0.1) is 0 Å². The number of H-pyrrole nitrogens is 2. The fourth-order valence-electron chi connectivity index (χ4n) is 3.38. The number of aromatic amines is 2. The summed E-state index contributed by atoms with van der Waals surface area (Å²) < 4.78 is 7.13. The molecular formula is C18H21N5O3. The number of rotatable bonds is 5. The Kier molecular flexibility index (Phi) is 4.34. The lowest BCUT2D eigenvalue weighted by Crippen LogP contribution is -2.33. The molecule has 8 heteroatoms. The van der Waals surface area contributed by atoms with Crippen LogP contribution in [-0.4, -0.2) is 38.8 Å². The topological polar surface area (TPSA) is 105 Å².